The van der Waals surface area contributed by atoms with Crippen LogP contribution < -0.4 is 19.9 Å². The molecule has 2 heterocycles. The fraction of sp³-hybridized carbons (Fsp3) is 0.182. The zero-order valence-corrected chi connectivity index (χ0v) is 18.4. The van der Waals surface area contributed by atoms with E-state index in [0.29, 0.717) is 33.6 Å². The number of phenols is 1. The number of methoxy groups -OCH3 is 1. The quantitative estimate of drug-likeness (QED) is 0.497. The molecule has 2 aromatic carbocycles. The van der Waals surface area contributed by atoms with E-state index in [1.807, 2.05) is 31.2 Å². The molecule has 9 heteroatoms. The van der Waals surface area contributed by atoms with Crippen LogP contribution >= 0.6 is 15.9 Å². The van der Waals surface area contributed by atoms with E-state index in [9.17, 15) is 10.4 Å². The molecular weight excluding hydrogens is 464 g/mol. The molecule has 1 unspecified atom stereocenters. The molecule has 4 rings (SSSR count). The van der Waals surface area contributed by atoms with Crippen LogP contribution in [0.15, 0.2) is 52.3 Å². The van der Waals surface area contributed by atoms with E-state index in [2.05, 4.69) is 32.2 Å². The van der Waals surface area contributed by atoms with Crippen LogP contribution in [-0.2, 0) is 0 Å². The molecule has 0 radical (unpaired) electrons. The SMILES string of the molecule is CCOc1cccc(-c2[nH]nc3c2C(c2cc(Br)c(O)c(OC)c2)C(C#N)=C(N)O3)c1. The Hall–Kier alpha value is -3.64. The summed E-state index contributed by atoms with van der Waals surface area (Å²) in [6.45, 7) is 2.45. The number of nitrogens with one attached hydrogen (secondary N) is 1. The van der Waals surface area contributed by atoms with Gasteiger partial charge in [0.25, 0.3) is 0 Å². The van der Waals surface area contributed by atoms with Gasteiger partial charge in [-0.15, -0.1) is 5.10 Å². The van der Waals surface area contributed by atoms with Crippen molar-refractivity contribution in [2.24, 2.45) is 5.73 Å². The van der Waals surface area contributed by atoms with Gasteiger partial charge in [0.2, 0.25) is 11.8 Å². The summed E-state index contributed by atoms with van der Waals surface area (Å²) in [4.78, 5) is 0. The summed E-state index contributed by atoms with van der Waals surface area (Å²) in [5, 5.41) is 27.4. The van der Waals surface area contributed by atoms with Crippen molar-refractivity contribution in [1.29, 1.82) is 5.26 Å². The van der Waals surface area contributed by atoms with Gasteiger partial charge in [0, 0.05) is 5.56 Å². The molecule has 0 aliphatic carbocycles. The summed E-state index contributed by atoms with van der Waals surface area (Å²) >= 11 is 3.35. The van der Waals surface area contributed by atoms with Crippen LogP contribution in [0.4, 0.5) is 0 Å². The maximum absolute atomic E-state index is 10.2. The normalized spacial score (nSPS) is 15.1. The number of nitrogens with zero attached hydrogens (tertiary/aromatic N) is 2. The molecule has 1 atom stereocenters. The summed E-state index contributed by atoms with van der Waals surface area (Å²) < 4.78 is 17.0. The van der Waals surface area contributed by atoms with Gasteiger partial charge in [-0.25, -0.2) is 0 Å². The molecule has 1 aliphatic rings. The van der Waals surface area contributed by atoms with E-state index >= 15 is 0 Å². The number of nitriles is 1. The third-order valence-electron chi connectivity index (χ3n) is 4.98. The second-order valence-electron chi connectivity index (χ2n) is 6.76. The summed E-state index contributed by atoms with van der Waals surface area (Å²) in [7, 11) is 1.46. The van der Waals surface area contributed by atoms with Gasteiger partial charge in [-0.2, -0.15) is 5.26 Å². The van der Waals surface area contributed by atoms with Crippen molar-refractivity contribution >= 4 is 15.9 Å². The van der Waals surface area contributed by atoms with E-state index in [1.54, 1.807) is 12.1 Å². The Morgan fingerprint density at radius 1 is 1.35 bits per heavy atom. The van der Waals surface area contributed by atoms with Crippen molar-refractivity contribution < 1.29 is 19.3 Å². The Morgan fingerprint density at radius 3 is 2.87 bits per heavy atom. The maximum atomic E-state index is 10.2. The van der Waals surface area contributed by atoms with Gasteiger partial charge in [-0.05, 0) is 52.7 Å². The average Bonchev–Trinajstić information content (AvgIpc) is 3.18. The van der Waals surface area contributed by atoms with Crippen LogP contribution in [-0.4, -0.2) is 29.0 Å². The molecule has 4 N–H and O–H groups in total. The van der Waals surface area contributed by atoms with E-state index < -0.39 is 5.92 Å². The third-order valence-corrected chi connectivity index (χ3v) is 5.58. The topological polar surface area (TPSA) is 126 Å². The number of phenolic OH excluding ortho intramolecular Hbond substituents is 1. The number of H-pyrrole nitrogens is 1. The fourth-order valence-electron chi connectivity index (χ4n) is 3.62. The number of hydrogen-bond donors (Lipinski definition) is 3. The van der Waals surface area contributed by atoms with Gasteiger partial charge >= 0.3 is 0 Å². The maximum Gasteiger partial charge on any atom is 0.244 e. The molecule has 0 saturated heterocycles. The first-order valence-electron chi connectivity index (χ1n) is 9.43. The van der Waals surface area contributed by atoms with Gasteiger partial charge in [0.05, 0.1) is 35.4 Å². The number of aromatic nitrogens is 2. The summed E-state index contributed by atoms with van der Waals surface area (Å²) in [5.74, 6) is 0.596. The molecule has 0 saturated carbocycles. The average molecular weight is 483 g/mol. The summed E-state index contributed by atoms with van der Waals surface area (Å²) in [6.07, 6.45) is 0. The fourth-order valence-corrected chi connectivity index (χ4v) is 4.08. The molecule has 0 fully saturated rings. The van der Waals surface area contributed by atoms with E-state index in [0.717, 1.165) is 5.56 Å². The lowest BCUT2D eigenvalue weighted by Crippen LogP contribution is -2.21. The molecule has 0 amide bonds. The standard InChI is InChI=1S/C22H19BrN4O4/c1-3-30-13-6-4-5-11(7-13)19-18-17(12-8-15(23)20(28)16(9-12)29-2)14(10-24)21(25)31-22(18)27-26-19/h4-9,17,28H,3,25H2,1-2H3,(H,26,27). The van der Waals surface area contributed by atoms with Crippen molar-refractivity contribution in [3.63, 3.8) is 0 Å². The van der Waals surface area contributed by atoms with Crippen molar-refractivity contribution in [2.75, 3.05) is 13.7 Å². The first-order chi connectivity index (χ1) is 15.0. The lowest BCUT2D eigenvalue weighted by Gasteiger charge is -2.25. The number of benzene rings is 2. The second-order valence-corrected chi connectivity index (χ2v) is 7.61. The molecule has 31 heavy (non-hydrogen) atoms. The zero-order valence-electron chi connectivity index (χ0n) is 16.8. The Morgan fingerprint density at radius 2 is 2.16 bits per heavy atom. The molecule has 158 valence electrons. The number of aromatic hydroxyl groups is 1. The summed E-state index contributed by atoms with van der Waals surface area (Å²) in [6, 6.07) is 13.1. The number of aromatic amines is 1. The highest BCUT2D eigenvalue weighted by molar-refractivity contribution is 9.10. The second kappa shape index (κ2) is 8.24. The smallest absolute Gasteiger partial charge is 0.244 e. The monoisotopic (exact) mass is 482 g/mol. The minimum absolute atomic E-state index is 0.0238. The molecule has 0 spiro atoms. The number of halogens is 1. The van der Waals surface area contributed by atoms with Gasteiger partial charge in [-0.1, -0.05) is 12.1 Å². The largest absolute Gasteiger partial charge is 0.503 e. The van der Waals surface area contributed by atoms with E-state index in [-0.39, 0.29) is 28.8 Å². The van der Waals surface area contributed by atoms with Crippen LogP contribution in [0.25, 0.3) is 11.3 Å². The first kappa shape index (κ1) is 20.6. The molecule has 1 aliphatic heterocycles. The Kier molecular flexibility index (Phi) is 5.48. The number of allylic oxidation sites excluding steroid dienone is 1. The number of ether oxygens (including phenoxy) is 3. The van der Waals surface area contributed by atoms with Crippen molar-refractivity contribution in [3.05, 3.63) is 63.5 Å². The van der Waals surface area contributed by atoms with Crippen LogP contribution in [0.1, 0.15) is 24.0 Å². The van der Waals surface area contributed by atoms with Crippen LogP contribution in [0.3, 0.4) is 0 Å². The van der Waals surface area contributed by atoms with Crippen LogP contribution in [0.2, 0.25) is 0 Å². The third kappa shape index (κ3) is 3.55. The van der Waals surface area contributed by atoms with Gasteiger partial charge in [0.15, 0.2) is 11.5 Å². The van der Waals surface area contributed by atoms with E-state index in [4.69, 9.17) is 19.9 Å². The predicted molar refractivity (Wildman–Crippen MR) is 117 cm³/mol. The van der Waals surface area contributed by atoms with Crippen molar-refractivity contribution in [2.45, 2.75) is 12.8 Å². The highest BCUT2D eigenvalue weighted by atomic mass is 79.9. The highest BCUT2D eigenvalue weighted by Crippen LogP contribution is 2.48. The molecule has 3 aromatic rings. The first-order valence-corrected chi connectivity index (χ1v) is 10.2. The Bertz CT molecular complexity index is 1230. The minimum atomic E-state index is -0.593. The summed E-state index contributed by atoms with van der Waals surface area (Å²) in [5.41, 5.74) is 9.10. The Balaban J connectivity index is 1.94. The predicted octanol–water partition coefficient (Wildman–Crippen LogP) is 4.17. The molecular formula is C22H19BrN4O4. The minimum Gasteiger partial charge on any atom is -0.503 e. The Labute approximate surface area is 187 Å². The zero-order chi connectivity index (χ0) is 22.1. The number of fused-ring (bicyclic) bond motifs is 1. The molecule has 1 aromatic heterocycles. The van der Waals surface area contributed by atoms with Crippen LogP contribution in [0, 0.1) is 11.3 Å². The van der Waals surface area contributed by atoms with Gasteiger partial charge in [0.1, 0.15) is 17.4 Å². The lowest BCUT2D eigenvalue weighted by atomic mass is 9.83. The highest BCUT2D eigenvalue weighted by Gasteiger charge is 2.36. The molecule has 0 bridgehead atoms. The number of nitrogens with two attached hydrogens (primary N) is 1. The van der Waals surface area contributed by atoms with Crippen molar-refractivity contribution in [3.8, 4) is 40.5 Å². The van der Waals surface area contributed by atoms with Crippen molar-refractivity contribution in [1.82, 2.24) is 10.2 Å². The van der Waals surface area contributed by atoms with Gasteiger partial charge in [-0.3, -0.25) is 5.10 Å². The van der Waals surface area contributed by atoms with E-state index in [1.165, 1.54) is 7.11 Å². The number of hydrogen-bond acceptors (Lipinski definition) is 7. The number of rotatable bonds is 5. The lowest BCUT2D eigenvalue weighted by molar-refractivity contribution is 0.340. The van der Waals surface area contributed by atoms with Gasteiger partial charge < -0.3 is 25.1 Å². The molecule has 8 nitrogen and oxygen atoms in total. The van der Waals surface area contributed by atoms with Crippen LogP contribution in [0.5, 0.6) is 23.1 Å².